The van der Waals surface area contributed by atoms with Crippen LogP contribution in [0.15, 0.2) is 24.3 Å². The zero-order valence-corrected chi connectivity index (χ0v) is 18.1. The predicted octanol–water partition coefficient (Wildman–Crippen LogP) is 0.229. The lowest BCUT2D eigenvalue weighted by molar-refractivity contribution is -0.896. The van der Waals surface area contributed by atoms with Gasteiger partial charge in [-0.2, -0.15) is 0 Å². The van der Waals surface area contributed by atoms with Crippen LogP contribution < -0.4 is 15.0 Å². The molecule has 2 rings (SSSR count). The van der Waals surface area contributed by atoms with Gasteiger partial charge in [-0.1, -0.05) is 19.1 Å². The van der Waals surface area contributed by atoms with Crippen LogP contribution in [-0.2, 0) is 14.3 Å². The number of anilines is 1. The molecule has 1 aliphatic heterocycles. The number of rotatable bonds is 9. The molecule has 0 aromatic heterocycles. The summed E-state index contributed by atoms with van der Waals surface area (Å²) in [7, 11) is 1.54. The predicted molar refractivity (Wildman–Crippen MR) is 113 cm³/mol. The molecule has 9 heteroatoms. The van der Waals surface area contributed by atoms with E-state index in [4.69, 9.17) is 9.47 Å². The SMILES string of the molecule is CCCN(CC(=O)Nc1ccccc1OC)C(=O)C[NH+]1CCN(C(=O)OCC)CC1. The lowest BCUT2D eigenvalue weighted by Crippen LogP contribution is -3.15. The quantitative estimate of drug-likeness (QED) is 0.596. The maximum absolute atomic E-state index is 12.8. The molecule has 0 bridgehead atoms. The highest BCUT2D eigenvalue weighted by molar-refractivity contribution is 5.95. The highest BCUT2D eigenvalue weighted by Crippen LogP contribution is 2.22. The van der Waals surface area contributed by atoms with Crippen molar-refractivity contribution in [3.63, 3.8) is 0 Å². The Kier molecular flexibility index (Phi) is 9.40. The number of quaternary nitrogens is 1. The van der Waals surface area contributed by atoms with Crippen molar-refractivity contribution >= 4 is 23.6 Å². The van der Waals surface area contributed by atoms with Crippen LogP contribution in [0.25, 0.3) is 0 Å². The van der Waals surface area contributed by atoms with Crippen LogP contribution in [0.4, 0.5) is 10.5 Å². The largest absolute Gasteiger partial charge is 0.495 e. The number of methoxy groups -OCH3 is 1. The first-order valence-corrected chi connectivity index (χ1v) is 10.4. The van der Waals surface area contributed by atoms with Gasteiger partial charge in [0.15, 0.2) is 6.54 Å². The van der Waals surface area contributed by atoms with E-state index < -0.39 is 0 Å². The fourth-order valence-corrected chi connectivity index (χ4v) is 3.40. The van der Waals surface area contributed by atoms with E-state index in [0.29, 0.717) is 57.3 Å². The van der Waals surface area contributed by atoms with Crippen molar-refractivity contribution in [1.82, 2.24) is 9.80 Å². The van der Waals surface area contributed by atoms with E-state index in [2.05, 4.69) is 5.32 Å². The summed E-state index contributed by atoms with van der Waals surface area (Å²) >= 11 is 0. The van der Waals surface area contributed by atoms with Crippen molar-refractivity contribution in [1.29, 1.82) is 0 Å². The first-order valence-electron chi connectivity index (χ1n) is 10.4. The first-order chi connectivity index (χ1) is 14.5. The number of carbonyl (C=O) groups excluding carboxylic acids is 3. The zero-order chi connectivity index (χ0) is 21.9. The molecule has 1 aliphatic rings. The van der Waals surface area contributed by atoms with E-state index in [9.17, 15) is 14.4 Å². The average Bonchev–Trinajstić information content (AvgIpc) is 2.74. The molecule has 3 amide bonds. The number of hydrogen-bond acceptors (Lipinski definition) is 5. The Morgan fingerprint density at radius 2 is 1.87 bits per heavy atom. The number of nitrogens with zero attached hydrogens (tertiary/aromatic N) is 2. The van der Waals surface area contributed by atoms with E-state index in [0.717, 1.165) is 11.3 Å². The standard InChI is InChI=1S/C21H32N4O5/c1-4-10-25(15-19(26)22-17-8-6-7-9-18(17)29-3)20(27)16-23-11-13-24(14-12-23)21(28)30-5-2/h6-9H,4-5,10-16H2,1-3H3,(H,22,26)/p+1. The summed E-state index contributed by atoms with van der Waals surface area (Å²) in [6.45, 7) is 7.40. The van der Waals surface area contributed by atoms with Gasteiger partial charge in [0.05, 0.1) is 45.6 Å². The van der Waals surface area contributed by atoms with Crippen molar-refractivity contribution in [2.45, 2.75) is 20.3 Å². The Labute approximate surface area is 177 Å². The molecule has 0 spiro atoms. The number of ether oxygens (including phenoxy) is 2. The molecule has 0 radical (unpaired) electrons. The van der Waals surface area contributed by atoms with Crippen molar-refractivity contribution in [2.75, 3.05) is 64.8 Å². The minimum atomic E-state index is -0.302. The number of para-hydroxylation sites is 2. The van der Waals surface area contributed by atoms with Crippen LogP contribution >= 0.6 is 0 Å². The van der Waals surface area contributed by atoms with Crippen molar-refractivity contribution < 1.29 is 28.8 Å². The van der Waals surface area contributed by atoms with Gasteiger partial charge in [-0.25, -0.2) is 4.79 Å². The molecular formula is C21H33N4O5+. The Morgan fingerprint density at radius 1 is 1.17 bits per heavy atom. The lowest BCUT2D eigenvalue weighted by Gasteiger charge is -2.32. The molecule has 1 aromatic carbocycles. The van der Waals surface area contributed by atoms with Gasteiger partial charge < -0.3 is 24.6 Å². The minimum Gasteiger partial charge on any atom is -0.495 e. The second kappa shape index (κ2) is 12.0. The number of nitrogens with one attached hydrogen (secondary N) is 2. The van der Waals surface area contributed by atoms with E-state index >= 15 is 0 Å². The fraction of sp³-hybridized carbons (Fsp3) is 0.571. The monoisotopic (exact) mass is 421 g/mol. The number of amides is 3. The molecule has 1 heterocycles. The molecular weight excluding hydrogens is 388 g/mol. The Balaban J connectivity index is 1.87. The number of benzene rings is 1. The third-order valence-corrected chi connectivity index (χ3v) is 4.96. The van der Waals surface area contributed by atoms with Gasteiger partial charge >= 0.3 is 6.09 Å². The number of carbonyl (C=O) groups is 3. The Morgan fingerprint density at radius 3 is 2.50 bits per heavy atom. The van der Waals surface area contributed by atoms with Gasteiger partial charge in [-0.15, -0.1) is 0 Å². The summed E-state index contributed by atoms with van der Waals surface area (Å²) in [4.78, 5) is 41.5. The van der Waals surface area contributed by atoms with E-state index in [1.165, 1.54) is 0 Å². The topological polar surface area (TPSA) is 92.6 Å². The molecule has 1 saturated heterocycles. The van der Waals surface area contributed by atoms with Crippen LogP contribution in [0, 0.1) is 0 Å². The summed E-state index contributed by atoms with van der Waals surface area (Å²) in [5.41, 5.74) is 0.578. The second-order valence-corrected chi connectivity index (χ2v) is 7.18. The molecule has 1 fully saturated rings. The van der Waals surface area contributed by atoms with Crippen LogP contribution in [0.2, 0.25) is 0 Å². The fourth-order valence-electron chi connectivity index (χ4n) is 3.40. The highest BCUT2D eigenvalue weighted by Gasteiger charge is 2.28. The summed E-state index contributed by atoms with van der Waals surface area (Å²) in [5, 5.41) is 2.82. The minimum absolute atomic E-state index is 0.00699. The Bertz CT molecular complexity index is 719. The summed E-state index contributed by atoms with van der Waals surface area (Å²) in [6.07, 6.45) is 0.461. The normalized spacial score (nSPS) is 14.2. The highest BCUT2D eigenvalue weighted by atomic mass is 16.6. The Hall–Kier alpha value is -2.81. The molecule has 0 atom stereocenters. The smallest absolute Gasteiger partial charge is 0.410 e. The maximum atomic E-state index is 12.8. The van der Waals surface area contributed by atoms with Crippen molar-refractivity contribution in [2.24, 2.45) is 0 Å². The van der Waals surface area contributed by atoms with Crippen LogP contribution in [0.5, 0.6) is 5.75 Å². The summed E-state index contributed by atoms with van der Waals surface area (Å²) in [6, 6.07) is 7.16. The van der Waals surface area contributed by atoms with E-state index in [-0.39, 0.29) is 24.5 Å². The third kappa shape index (κ3) is 6.91. The second-order valence-electron chi connectivity index (χ2n) is 7.18. The third-order valence-electron chi connectivity index (χ3n) is 4.96. The molecule has 166 valence electrons. The molecule has 0 unspecified atom stereocenters. The van der Waals surface area contributed by atoms with Crippen molar-refractivity contribution in [3.05, 3.63) is 24.3 Å². The van der Waals surface area contributed by atoms with Crippen LogP contribution in [0.3, 0.4) is 0 Å². The first kappa shape index (κ1) is 23.5. The summed E-state index contributed by atoms with van der Waals surface area (Å²) in [5.74, 6) is 0.248. The van der Waals surface area contributed by atoms with Gasteiger partial charge in [0, 0.05) is 6.54 Å². The van der Waals surface area contributed by atoms with Gasteiger partial charge in [-0.05, 0) is 25.5 Å². The van der Waals surface area contributed by atoms with Gasteiger partial charge in [0.2, 0.25) is 5.91 Å². The van der Waals surface area contributed by atoms with E-state index in [1.54, 1.807) is 36.0 Å². The molecule has 0 aliphatic carbocycles. The molecule has 30 heavy (non-hydrogen) atoms. The van der Waals surface area contributed by atoms with Gasteiger partial charge in [-0.3, -0.25) is 14.5 Å². The molecule has 9 nitrogen and oxygen atoms in total. The average molecular weight is 422 g/mol. The van der Waals surface area contributed by atoms with Crippen LogP contribution in [0.1, 0.15) is 20.3 Å². The molecule has 2 N–H and O–H groups in total. The summed E-state index contributed by atoms with van der Waals surface area (Å²) < 4.78 is 10.3. The van der Waals surface area contributed by atoms with Gasteiger partial charge in [0.1, 0.15) is 12.3 Å². The van der Waals surface area contributed by atoms with Crippen molar-refractivity contribution in [3.8, 4) is 5.75 Å². The molecule has 1 aromatic rings. The van der Waals surface area contributed by atoms with Crippen LogP contribution in [-0.4, -0.2) is 87.2 Å². The number of piperazine rings is 1. The molecule has 0 saturated carbocycles. The zero-order valence-electron chi connectivity index (χ0n) is 18.1. The van der Waals surface area contributed by atoms with E-state index in [1.807, 2.05) is 19.1 Å². The maximum Gasteiger partial charge on any atom is 0.410 e. The van der Waals surface area contributed by atoms with Gasteiger partial charge in [0.25, 0.3) is 5.91 Å². The lowest BCUT2D eigenvalue weighted by atomic mass is 10.2. The number of hydrogen-bond donors (Lipinski definition) is 2.